The second kappa shape index (κ2) is 10.4. The van der Waals surface area contributed by atoms with Crippen molar-refractivity contribution >= 4 is 44.4 Å². The van der Waals surface area contributed by atoms with Crippen LogP contribution in [0, 0.1) is 13.8 Å². The van der Waals surface area contributed by atoms with Gasteiger partial charge in [0.25, 0.3) is 5.91 Å². The molecule has 1 aromatic heterocycles. The topological polar surface area (TPSA) is 36.4 Å². The van der Waals surface area contributed by atoms with Crippen molar-refractivity contribution in [2.45, 2.75) is 39.5 Å². The SMILES string of the molecule is CCSc1cccc(C(=O)N(CCN(CC)CC)c2nc3c(C)ccc(C)c3s2)c1. The molecule has 3 aromatic rings. The number of carbonyl (C=O) groups is 1. The molecule has 0 aliphatic carbocycles. The van der Waals surface area contributed by atoms with Crippen LogP contribution in [-0.4, -0.2) is 47.7 Å². The molecule has 160 valence electrons. The Morgan fingerprint density at radius 3 is 2.43 bits per heavy atom. The van der Waals surface area contributed by atoms with Crippen LogP contribution in [0.1, 0.15) is 42.3 Å². The quantitative estimate of drug-likeness (QED) is 0.381. The number of anilines is 1. The molecule has 0 radical (unpaired) electrons. The van der Waals surface area contributed by atoms with E-state index in [0.717, 1.165) is 52.1 Å². The summed E-state index contributed by atoms with van der Waals surface area (Å²) in [6.07, 6.45) is 0. The normalized spacial score (nSPS) is 11.4. The Labute approximate surface area is 188 Å². The average Bonchev–Trinajstić information content (AvgIpc) is 3.20. The summed E-state index contributed by atoms with van der Waals surface area (Å²) >= 11 is 3.38. The monoisotopic (exact) mass is 441 g/mol. The highest BCUT2D eigenvalue weighted by Gasteiger charge is 2.23. The number of thiazole rings is 1. The van der Waals surface area contributed by atoms with Gasteiger partial charge in [0.1, 0.15) is 0 Å². The van der Waals surface area contributed by atoms with E-state index in [2.05, 4.69) is 57.7 Å². The van der Waals surface area contributed by atoms with Crippen molar-refractivity contribution < 1.29 is 4.79 Å². The van der Waals surface area contributed by atoms with Gasteiger partial charge in [0.2, 0.25) is 0 Å². The lowest BCUT2D eigenvalue weighted by atomic mass is 10.1. The lowest BCUT2D eigenvalue weighted by Crippen LogP contribution is -2.38. The highest BCUT2D eigenvalue weighted by Crippen LogP contribution is 2.34. The zero-order chi connectivity index (χ0) is 21.7. The van der Waals surface area contributed by atoms with Crippen molar-refractivity contribution in [3.05, 3.63) is 53.1 Å². The summed E-state index contributed by atoms with van der Waals surface area (Å²) < 4.78 is 1.17. The van der Waals surface area contributed by atoms with E-state index < -0.39 is 0 Å². The van der Waals surface area contributed by atoms with Gasteiger partial charge in [-0.05, 0) is 62.0 Å². The maximum Gasteiger partial charge on any atom is 0.260 e. The van der Waals surface area contributed by atoms with Crippen LogP contribution in [0.4, 0.5) is 5.13 Å². The van der Waals surface area contributed by atoms with Crippen LogP contribution in [0.5, 0.6) is 0 Å². The molecule has 0 aliphatic rings. The number of amides is 1. The smallest absolute Gasteiger partial charge is 0.260 e. The molecule has 6 heteroatoms. The molecule has 0 fully saturated rings. The van der Waals surface area contributed by atoms with Crippen LogP contribution >= 0.6 is 23.1 Å². The van der Waals surface area contributed by atoms with Gasteiger partial charge in [-0.1, -0.05) is 50.3 Å². The molecular weight excluding hydrogens is 410 g/mol. The van der Waals surface area contributed by atoms with Gasteiger partial charge >= 0.3 is 0 Å². The first-order valence-electron chi connectivity index (χ1n) is 10.6. The molecule has 0 atom stereocenters. The van der Waals surface area contributed by atoms with E-state index in [1.807, 2.05) is 23.1 Å². The van der Waals surface area contributed by atoms with Crippen molar-refractivity contribution in [3.63, 3.8) is 0 Å². The molecule has 0 N–H and O–H groups in total. The second-order valence-electron chi connectivity index (χ2n) is 7.32. The number of benzene rings is 2. The van der Waals surface area contributed by atoms with E-state index in [1.54, 1.807) is 23.1 Å². The number of aryl methyl sites for hydroxylation is 2. The summed E-state index contributed by atoms with van der Waals surface area (Å²) in [6, 6.07) is 12.2. The molecule has 4 nitrogen and oxygen atoms in total. The summed E-state index contributed by atoms with van der Waals surface area (Å²) in [5, 5.41) is 0.785. The zero-order valence-corrected chi connectivity index (χ0v) is 20.2. The molecule has 0 saturated heterocycles. The number of rotatable bonds is 9. The number of carbonyl (C=O) groups excluding carboxylic acids is 1. The molecule has 0 spiro atoms. The maximum absolute atomic E-state index is 13.6. The number of hydrogen-bond acceptors (Lipinski definition) is 5. The van der Waals surface area contributed by atoms with Gasteiger partial charge in [0, 0.05) is 23.5 Å². The van der Waals surface area contributed by atoms with Crippen LogP contribution in [-0.2, 0) is 0 Å². The molecule has 1 heterocycles. The molecule has 30 heavy (non-hydrogen) atoms. The minimum absolute atomic E-state index is 0.0232. The number of nitrogens with zero attached hydrogens (tertiary/aromatic N) is 3. The van der Waals surface area contributed by atoms with Gasteiger partial charge in [-0.15, -0.1) is 11.8 Å². The van der Waals surface area contributed by atoms with E-state index in [9.17, 15) is 4.79 Å². The summed E-state index contributed by atoms with van der Waals surface area (Å²) in [5.41, 5.74) is 4.08. The van der Waals surface area contributed by atoms with Crippen LogP contribution in [0.25, 0.3) is 10.2 Å². The molecule has 0 bridgehead atoms. The first kappa shape index (κ1) is 22.8. The number of thioether (sulfide) groups is 1. The van der Waals surface area contributed by atoms with Crippen LogP contribution < -0.4 is 4.90 Å². The summed E-state index contributed by atoms with van der Waals surface area (Å²) in [6.45, 7) is 14.0. The lowest BCUT2D eigenvalue weighted by Gasteiger charge is -2.25. The van der Waals surface area contributed by atoms with Gasteiger partial charge in [0.05, 0.1) is 10.2 Å². The van der Waals surface area contributed by atoms with Crippen LogP contribution in [0.2, 0.25) is 0 Å². The largest absolute Gasteiger partial charge is 0.302 e. The number of likely N-dealkylation sites (N-methyl/N-ethyl adjacent to an activating group) is 1. The van der Waals surface area contributed by atoms with Crippen LogP contribution in [0.3, 0.4) is 0 Å². The highest BCUT2D eigenvalue weighted by molar-refractivity contribution is 7.99. The van der Waals surface area contributed by atoms with Crippen LogP contribution in [0.15, 0.2) is 41.3 Å². The minimum atomic E-state index is 0.0232. The Bertz CT molecular complexity index is 972. The minimum Gasteiger partial charge on any atom is -0.302 e. The van der Waals surface area contributed by atoms with Gasteiger partial charge in [-0.2, -0.15) is 0 Å². The first-order chi connectivity index (χ1) is 14.5. The fourth-order valence-corrected chi connectivity index (χ4v) is 5.32. The zero-order valence-electron chi connectivity index (χ0n) is 18.6. The molecule has 1 amide bonds. The Kier molecular flexibility index (Phi) is 7.92. The lowest BCUT2D eigenvalue weighted by molar-refractivity contribution is 0.0983. The Hall–Kier alpha value is -1.89. The number of aromatic nitrogens is 1. The third-order valence-electron chi connectivity index (χ3n) is 5.33. The molecule has 0 aliphatic heterocycles. The van der Waals surface area contributed by atoms with E-state index in [4.69, 9.17) is 4.98 Å². The standard InChI is InChI=1S/C24H31N3OS2/c1-6-26(7-2)14-15-27(23(28)19-10-9-11-20(16-19)29-8-3)24-25-21-17(4)12-13-18(5)22(21)30-24/h9-13,16H,6-8,14-15H2,1-5H3. The fraction of sp³-hybridized carbons (Fsp3) is 0.417. The second-order valence-corrected chi connectivity index (χ2v) is 9.63. The van der Waals surface area contributed by atoms with E-state index in [0.29, 0.717) is 6.54 Å². The number of hydrogen-bond donors (Lipinski definition) is 0. The molecule has 0 saturated carbocycles. The van der Waals surface area contributed by atoms with E-state index >= 15 is 0 Å². The predicted octanol–water partition coefficient (Wildman–Crippen LogP) is 6.01. The third kappa shape index (κ3) is 5.05. The van der Waals surface area contributed by atoms with E-state index in [1.165, 1.54) is 10.3 Å². The molecule has 0 unspecified atom stereocenters. The predicted molar refractivity (Wildman–Crippen MR) is 131 cm³/mol. The van der Waals surface area contributed by atoms with Gasteiger partial charge in [0.15, 0.2) is 5.13 Å². The van der Waals surface area contributed by atoms with Crippen molar-refractivity contribution in [1.29, 1.82) is 0 Å². The third-order valence-corrected chi connectivity index (χ3v) is 7.42. The summed E-state index contributed by atoms with van der Waals surface area (Å²) in [4.78, 5) is 23.9. The van der Waals surface area contributed by atoms with Gasteiger partial charge < -0.3 is 4.90 Å². The molecule has 3 rings (SSSR count). The number of fused-ring (bicyclic) bond motifs is 1. The Balaban J connectivity index is 2.00. The highest BCUT2D eigenvalue weighted by atomic mass is 32.2. The maximum atomic E-state index is 13.6. The van der Waals surface area contributed by atoms with E-state index in [-0.39, 0.29) is 5.91 Å². The Morgan fingerprint density at radius 2 is 1.77 bits per heavy atom. The summed E-state index contributed by atoms with van der Waals surface area (Å²) in [5.74, 6) is 1.01. The van der Waals surface area contributed by atoms with Gasteiger partial charge in [-0.3, -0.25) is 9.69 Å². The Morgan fingerprint density at radius 1 is 1.03 bits per heavy atom. The van der Waals surface area contributed by atoms with Gasteiger partial charge in [-0.25, -0.2) is 4.98 Å². The van der Waals surface area contributed by atoms with Crippen molar-refractivity contribution in [2.24, 2.45) is 0 Å². The average molecular weight is 442 g/mol. The summed E-state index contributed by atoms with van der Waals surface area (Å²) in [7, 11) is 0. The molecule has 2 aromatic carbocycles. The van der Waals surface area contributed by atoms with Crippen molar-refractivity contribution in [2.75, 3.05) is 36.8 Å². The van der Waals surface area contributed by atoms with Crippen molar-refractivity contribution in [3.8, 4) is 0 Å². The van der Waals surface area contributed by atoms with Crippen molar-refractivity contribution in [1.82, 2.24) is 9.88 Å². The first-order valence-corrected chi connectivity index (χ1v) is 12.4. The molecular formula is C24H31N3OS2. The fourth-order valence-electron chi connectivity index (χ4n) is 3.47.